The number of allylic oxidation sites excluding steroid dienone is 1. The van der Waals surface area contributed by atoms with Crippen LogP contribution < -0.4 is 15.8 Å². The summed E-state index contributed by atoms with van der Waals surface area (Å²) in [5, 5.41) is 11.4. The number of oxazole rings is 1. The molecule has 0 saturated carbocycles. The predicted molar refractivity (Wildman–Crippen MR) is 188 cm³/mol. The standard InChI is InChI=1S/C33H40ClN5O9S2/c1-21(40)8-7-11-27(38-49(2,44)45)33(43)39-19-24(50(46,47)20-22-13-15-23(34)16-14-22)18-28(39)31(42)36-26(10-5-6-17-35)30(41)32-37-25-9-3-4-12-29(25)48-32/h3-4,7-9,12-16,24,26-28,38,40H,1,5-6,10-11,17-20,35H2,2H3,(H,36,42)/b8-7+/t24-,26+,27-,28+/m1/s1. The minimum absolute atomic E-state index is 0.146. The molecule has 1 fully saturated rings. The number of nitrogens with zero attached hydrogens (tertiary/aromatic N) is 2. The van der Waals surface area contributed by atoms with Crippen molar-refractivity contribution in [3.63, 3.8) is 0 Å². The van der Waals surface area contributed by atoms with Crippen LogP contribution in [0.4, 0.5) is 0 Å². The van der Waals surface area contributed by atoms with E-state index in [9.17, 15) is 36.3 Å². The summed E-state index contributed by atoms with van der Waals surface area (Å²) in [6.07, 6.45) is 3.88. The van der Waals surface area contributed by atoms with Crippen molar-refractivity contribution >= 4 is 60.2 Å². The maximum atomic E-state index is 14.1. The molecule has 2 aromatic carbocycles. The second-order valence-corrected chi connectivity index (χ2v) is 16.6. The Bertz CT molecular complexity index is 1930. The first-order valence-corrected chi connectivity index (χ1v) is 19.7. The van der Waals surface area contributed by atoms with E-state index < -0.39 is 73.1 Å². The Morgan fingerprint density at radius 2 is 1.82 bits per heavy atom. The monoisotopic (exact) mass is 749 g/mol. The molecule has 17 heteroatoms. The number of hydrogen-bond donors (Lipinski definition) is 4. The van der Waals surface area contributed by atoms with Crippen molar-refractivity contribution in [2.24, 2.45) is 5.73 Å². The summed E-state index contributed by atoms with van der Waals surface area (Å²) in [7, 11) is -7.96. The number of ketones is 1. The first-order valence-electron chi connectivity index (χ1n) is 15.8. The van der Waals surface area contributed by atoms with E-state index in [-0.39, 0.29) is 30.9 Å². The van der Waals surface area contributed by atoms with Gasteiger partial charge < -0.3 is 25.5 Å². The topological polar surface area (TPSA) is 219 Å². The van der Waals surface area contributed by atoms with Crippen molar-refractivity contribution in [2.45, 2.75) is 61.2 Å². The maximum absolute atomic E-state index is 14.1. The van der Waals surface area contributed by atoms with Gasteiger partial charge in [0.1, 0.15) is 23.4 Å². The van der Waals surface area contributed by atoms with Crippen molar-refractivity contribution in [1.29, 1.82) is 0 Å². The van der Waals surface area contributed by atoms with Gasteiger partial charge in [-0.1, -0.05) is 48.5 Å². The fraction of sp³-hybridized carbons (Fsp3) is 0.394. The number of nitrogens with two attached hydrogens (primary N) is 1. The molecule has 5 N–H and O–H groups in total. The average Bonchev–Trinajstić information content (AvgIpc) is 3.70. The van der Waals surface area contributed by atoms with E-state index in [1.165, 1.54) is 12.2 Å². The van der Waals surface area contributed by atoms with E-state index in [1.807, 2.05) is 0 Å². The van der Waals surface area contributed by atoms with Crippen molar-refractivity contribution < 1.29 is 40.7 Å². The zero-order valence-corrected chi connectivity index (χ0v) is 29.7. The zero-order valence-electron chi connectivity index (χ0n) is 27.3. The highest BCUT2D eigenvalue weighted by atomic mass is 35.5. The van der Waals surface area contributed by atoms with Crippen LogP contribution in [0.15, 0.2) is 77.4 Å². The van der Waals surface area contributed by atoms with E-state index in [2.05, 4.69) is 21.6 Å². The molecule has 0 aliphatic carbocycles. The van der Waals surface area contributed by atoms with Gasteiger partial charge >= 0.3 is 0 Å². The Kier molecular flexibility index (Phi) is 13.0. The molecule has 0 bridgehead atoms. The van der Waals surface area contributed by atoms with Crippen molar-refractivity contribution in [2.75, 3.05) is 19.3 Å². The van der Waals surface area contributed by atoms with E-state index in [0.717, 1.165) is 11.2 Å². The molecule has 0 spiro atoms. The first kappa shape index (κ1) is 38.7. The fourth-order valence-electron chi connectivity index (χ4n) is 5.63. The number of para-hydroxylation sites is 2. The van der Waals surface area contributed by atoms with Crippen LogP contribution in [0.5, 0.6) is 0 Å². The van der Waals surface area contributed by atoms with Gasteiger partial charge in [-0.3, -0.25) is 14.4 Å². The van der Waals surface area contributed by atoms with E-state index in [0.29, 0.717) is 41.1 Å². The van der Waals surface area contributed by atoms with Gasteiger partial charge in [-0.2, -0.15) is 0 Å². The molecule has 4 rings (SSSR count). The molecular formula is C33H40ClN5O9S2. The van der Waals surface area contributed by atoms with Crippen LogP contribution in [-0.2, 0) is 35.2 Å². The average molecular weight is 750 g/mol. The summed E-state index contributed by atoms with van der Waals surface area (Å²) in [6, 6.07) is 8.92. The number of benzene rings is 2. The molecule has 4 atom stereocenters. The molecule has 1 aliphatic rings. The van der Waals surface area contributed by atoms with Crippen molar-refractivity contribution in [1.82, 2.24) is 19.9 Å². The summed E-state index contributed by atoms with van der Waals surface area (Å²) >= 11 is 5.96. The highest BCUT2D eigenvalue weighted by molar-refractivity contribution is 7.91. The van der Waals surface area contributed by atoms with Crippen LogP contribution in [0.3, 0.4) is 0 Å². The molecule has 1 aromatic heterocycles. The van der Waals surface area contributed by atoms with Gasteiger partial charge in [-0.05, 0) is 74.6 Å². The summed E-state index contributed by atoms with van der Waals surface area (Å²) in [6.45, 7) is 3.23. The number of carbonyl (C=O) groups excluding carboxylic acids is 3. The Balaban J connectivity index is 1.67. The Morgan fingerprint density at radius 3 is 2.46 bits per heavy atom. The quantitative estimate of drug-likeness (QED) is 0.0681. The van der Waals surface area contributed by atoms with E-state index in [1.54, 1.807) is 48.5 Å². The summed E-state index contributed by atoms with van der Waals surface area (Å²) in [5.41, 5.74) is 6.91. The van der Waals surface area contributed by atoms with Gasteiger partial charge in [0, 0.05) is 11.6 Å². The van der Waals surface area contributed by atoms with Crippen LogP contribution in [0, 0.1) is 0 Å². The third-order valence-corrected chi connectivity index (χ3v) is 11.1. The van der Waals surface area contributed by atoms with Gasteiger partial charge in [-0.15, -0.1) is 0 Å². The smallest absolute Gasteiger partial charge is 0.266 e. The predicted octanol–water partition coefficient (Wildman–Crippen LogP) is 2.80. The third kappa shape index (κ3) is 10.5. The molecule has 14 nitrogen and oxygen atoms in total. The van der Waals surface area contributed by atoms with Gasteiger partial charge in [0.2, 0.25) is 27.6 Å². The Labute approximate surface area is 295 Å². The highest BCUT2D eigenvalue weighted by Gasteiger charge is 2.47. The van der Waals surface area contributed by atoms with Gasteiger partial charge in [0.05, 0.1) is 23.3 Å². The molecule has 1 saturated heterocycles. The molecular weight excluding hydrogens is 710 g/mol. The lowest BCUT2D eigenvalue weighted by molar-refractivity contribution is -0.139. The van der Waals surface area contributed by atoms with Crippen molar-refractivity contribution in [3.8, 4) is 0 Å². The number of Topliss-reactive ketones (excluding diaryl/α,β-unsaturated/α-hetero) is 1. The summed E-state index contributed by atoms with van der Waals surface area (Å²) < 4.78 is 59.8. The maximum Gasteiger partial charge on any atom is 0.266 e. The number of aromatic nitrogens is 1. The number of unbranched alkanes of at least 4 members (excludes halogenated alkanes) is 1. The number of amides is 2. The number of rotatable bonds is 17. The number of hydrogen-bond acceptors (Lipinski definition) is 11. The Hall–Kier alpha value is -4.09. The van der Waals surface area contributed by atoms with Crippen LogP contribution in [0.1, 0.15) is 48.4 Å². The van der Waals surface area contributed by atoms with Crippen LogP contribution >= 0.6 is 11.6 Å². The number of aliphatic hydroxyl groups excluding tert-OH is 1. The molecule has 50 heavy (non-hydrogen) atoms. The number of carbonyl (C=O) groups is 3. The second kappa shape index (κ2) is 16.7. The lowest BCUT2D eigenvalue weighted by Gasteiger charge is -2.29. The zero-order chi connectivity index (χ0) is 36.6. The molecule has 0 unspecified atom stereocenters. The molecule has 3 aromatic rings. The first-order chi connectivity index (χ1) is 23.6. The van der Waals surface area contributed by atoms with Crippen LogP contribution in [0.2, 0.25) is 5.02 Å². The van der Waals surface area contributed by atoms with E-state index in [4.69, 9.17) is 21.8 Å². The van der Waals surface area contributed by atoms with Gasteiger partial charge in [-0.25, -0.2) is 26.5 Å². The SMILES string of the molecule is C=C(O)/C=C/C[C@@H](NS(C)(=O)=O)C(=O)N1C[C@H](S(=O)(=O)Cc2ccc(Cl)cc2)C[C@H]1C(=O)N[C@@H](CCCCN)C(=O)c1nc2ccccc2o1. The number of aliphatic hydroxyl groups is 1. The van der Waals surface area contributed by atoms with Gasteiger partial charge in [0.15, 0.2) is 15.4 Å². The van der Waals surface area contributed by atoms with Crippen LogP contribution in [0.25, 0.3) is 11.1 Å². The molecule has 2 heterocycles. The number of nitrogens with one attached hydrogen (secondary N) is 2. The molecule has 2 amide bonds. The largest absolute Gasteiger partial charge is 0.509 e. The van der Waals surface area contributed by atoms with Crippen molar-refractivity contribution in [3.05, 3.63) is 89.5 Å². The van der Waals surface area contributed by atoms with E-state index >= 15 is 0 Å². The second-order valence-electron chi connectivity index (χ2n) is 12.1. The minimum Gasteiger partial charge on any atom is -0.509 e. The molecule has 1 aliphatic heterocycles. The fourth-order valence-corrected chi connectivity index (χ4v) is 8.23. The highest BCUT2D eigenvalue weighted by Crippen LogP contribution is 2.28. The van der Waals surface area contributed by atoms with Crippen LogP contribution in [-0.4, -0.2) is 92.1 Å². The third-order valence-electron chi connectivity index (χ3n) is 8.06. The molecule has 0 radical (unpaired) electrons. The molecule has 270 valence electrons. The lowest BCUT2D eigenvalue weighted by atomic mass is 10.0. The normalized spacial score (nSPS) is 17.9. The number of likely N-dealkylation sites (tertiary alicyclic amines) is 1. The number of fused-ring (bicyclic) bond motifs is 1. The Morgan fingerprint density at radius 1 is 1.12 bits per heavy atom. The van der Waals surface area contributed by atoms with Gasteiger partial charge in [0.25, 0.3) is 5.89 Å². The minimum atomic E-state index is -3.99. The number of halogens is 1. The number of sulfone groups is 1. The summed E-state index contributed by atoms with van der Waals surface area (Å²) in [5.74, 6) is -3.30. The summed E-state index contributed by atoms with van der Waals surface area (Å²) in [4.78, 5) is 47.0. The lowest BCUT2D eigenvalue weighted by Crippen LogP contribution is -2.55. The number of sulfonamides is 1.